The predicted molar refractivity (Wildman–Crippen MR) is 80.0 cm³/mol. The maximum Gasteiger partial charge on any atom is 0.351 e. The van der Waals surface area contributed by atoms with Gasteiger partial charge in [0.25, 0.3) is 0 Å². The zero-order valence-electron chi connectivity index (χ0n) is 12.8. The van der Waals surface area contributed by atoms with Crippen LogP contribution in [0.1, 0.15) is 20.8 Å². The van der Waals surface area contributed by atoms with Gasteiger partial charge < -0.3 is 5.32 Å². The van der Waals surface area contributed by atoms with Crippen LogP contribution in [0.5, 0.6) is 0 Å². The molecular weight excluding hydrogens is 270 g/mol. The molecule has 21 heavy (non-hydrogen) atoms. The Bertz CT molecular complexity index is 695. The van der Waals surface area contributed by atoms with E-state index in [2.05, 4.69) is 10.4 Å². The number of likely N-dealkylation sites (N-methyl/N-ethyl adjacent to an activating group) is 1. The zero-order valence-corrected chi connectivity index (χ0v) is 12.8. The molecule has 0 aliphatic heterocycles. The minimum absolute atomic E-state index is 0.0817. The molecule has 2 heterocycles. The fraction of sp³-hybridized carbons (Fsp3) is 0.500. The maximum absolute atomic E-state index is 12.1. The number of rotatable bonds is 4. The van der Waals surface area contributed by atoms with Gasteiger partial charge in [0.05, 0.1) is 13.2 Å². The first kappa shape index (κ1) is 15.2. The third-order valence-corrected chi connectivity index (χ3v) is 2.79. The summed E-state index contributed by atoms with van der Waals surface area (Å²) in [5.41, 5.74) is 0.112. The Morgan fingerprint density at radius 3 is 2.71 bits per heavy atom. The van der Waals surface area contributed by atoms with Crippen molar-refractivity contribution in [3.8, 4) is 0 Å². The first-order chi connectivity index (χ1) is 9.76. The lowest BCUT2D eigenvalue weighted by atomic mass is 10.1. The topological polar surface area (TPSA) is 71.6 Å². The first-order valence-corrected chi connectivity index (χ1v) is 6.80. The van der Waals surface area contributed by atoms with Crippen LogP contribution in [0.2, 0.25) is 0 Å². The van der Waals surface area contributed by atoms with Crippen molar-refractivity contribution in [1.29, 1.82) is 0 Å². The molecule has 2 aromatic heterocycles. The van der Waals surface area contributed by atoms with Crippen molar-refractivity contribution in [1.82, 2.24) is 24.4 Å². The first-order valence-electron chi connectivity index (χ1n) is 6.80. The minimum atomic E-state index is -0.266. The van der Waals surface area contributed by atoms with Gasteiger partial charge in [0.1, 0.15) is 0 Å². The van der Waals surface area contributed by atoms with Gasteiger partial charge in [-0.25, -0.2) is 4.79 Å². The number of carbonyl (C=O) groups excluding carboxylic acids is 1. The lowest BCUT2D eigenvalue weighted by Crippen LogP contribution is -2.45. The summed E-state index contributed by atoms with van der Waals surface area (Å²) in [5.74, 6) is -0.0817. The molecule has 0 unspecified atom stereocenters. The van der Waals surface area contributed by atoms with E-state index in [1.165, 1.54) is 9.08 Å². The second-order valence-electron chi connectivity index (χ2n) is 6.16. The molecule has 114 valence electrons. The van der Waals surface area contributed by atoms with Gasteiger partial charge in [-0.3, -0.25) is 14.1 Å². The Labute approximate surface area is 123 Å². The average molecular weight is 291 g/mol. The van der Waals surface area contributed by atoms with Crippen molar-refractivity contribution in [2.75, 3.05) is 13.6 Å². The highest BCUT2D eigenvalue weighted by Crippen LogP contribution is 1.99. The van der Waals surface area contributed by atoms with Crippen LogP contribution in [0, 0.1) is 0 Å². The lowest BCUT2D eigenvalue weighted by Gasteiger charge is -2.23. The highest BCUT2D eigenvalue weighted by molar-refractivity contribution is 5.78. The molecule has 0 saturated heterocycles. The average Bonchev–Trinajstić information content (AvgIpc) is 2.64. The van der Waals surface area contributed by atoms with Gasteiger partial charge in [0, 0.05) is 11.7 Å². The summed E-state index contributed by atoms with van der Waals surface area (Å²) in [7, 11) is 1.78. The number of fused-ring (bicyclic) bond motifs is 1. The van der Waals surface area contributed by atoms with Crippen LogP contribution in [0.4, 0.5) is 0 Å². The molecule has 1 amide bonds. The van der Waals surface area contributed by atoms with Crippen LogP contribution in [0.15, 0.2) is 29.2 Å². The molecule has 0 aliphatic rings. The molecule has 1 N–H and O–H groups in total. The fourth-order valence-corrected chi connectivity index (χ4v) is 2.04. The van der Waals surface area contributed by atoms with E-state index < -0.39 is 0 Å². The van der Waals surface area contributed by atoms with E-state index in [4.69, 9.17) is 0 Å². The van der Waals surface area contributed by atoms with Crippen LogP contribution in [0.25, 0.3) is 5.65 Å². The van der Waals surface area contributed by atoms with Gasteiger partial charge in [-0.05, 0) is 40.0 Å². The van der Waals surface area contributed by atoms with Gasteiger partial charge in [-0.1, -0.05) is 6.07 Å². The SMILES string of the molecule is CN(CC(=O)NC(C)(C)C)Cn1nc2ccccn2c1=O. The van der Waals surface area contributed by atoms with Gasteiger partial charge in [0.2, 0.25) is 5.91 Å². The number of carbonyl (C=O) groups is 1. The fourth-order valence-electron chi connectivity index (χ4n) is 2.04. The van der Waals surface area contributed by atoms with Crippen LogP contribution in [0.3, 0.4) is 0 Å². The number of aromatic nitrogens is 3. The molecule has 0 bridgehead atoms. The van der Waals surface area contributed by atoms with Crippen molar-refractivity contribution >= 4 is 11.6 Å². The highest BCUT2D eigenvalue weighted by atomic mass is 16.2. The summed E-state index contributed by atoms with van der Waals surface area (Å²) in [6.45, 7) is 6.25. The molecule has 0 atom stereocenters. The second kappa shape index (κ2) is 5.69. The Kier molecular flexibility index (Phi) is 4.13. The van der Waals surface area contributed by atoms with Crippen molar-refractivity contribution in [2.45, 2.75) is 33.0 Å². The highest BCUT2D eigenvalue weighted by Gasteiger charge is 2.16. The van der Waals surface area contributed by atoms with Gasteiger partial charge >= 0.3 is 5.69 Å². The Morgan fingerprint density at radius 2 is 2.10 bits per heavy atom. The number of pyridine rings is 1. The number of hydrogen-bond acceptors (Lipinski definition) is 4. The van der Waals surface area contributed by atoms with Crippen molar-refractivity contribution in [3.05, 3.63) is 34.9 Å². The van der Waals surface area contributed by atoms with Crippen LogP contribution in [-0.4, -0.2) is 44.1 Å². The summed E-state index contributed by atoms with van der Waals surface area (Å²) in [5, 5.41) is 7.11. The van der Waals surface area contributed by atoms with Crippen LogP contribution < -0.4 is 11.0 Å². The van der Waals surface area contributed by atoms with Crippen molar-refractivity contribution in [2.24, 2.45) is 0 Å². The van der Waals surface area contributed by atoms with E-state index in [1.807, 2.05) is 26.8 Å². The lowest BCUT2D eigenvalue weighted by molar-refractivity contribution is -0.123. The van der Waals surface area contributed by atoms with Crippen molar-refractivity contribution < 1.29 is 4.79 Å². The molecule has 0 aromatic carbocycles. The summed E-state index contributed by atoms with van der Waals surface area (Å²) >= 11 is 0. The Hall–Kier alpha value is -2.15. The van der Waals surface area contributed by atoms with Gasteiger partial charge in [-0.15, -0.1) is 5.10 Å². The van der Waals surface area contributed by atoms with Gasteiger partial charge in [-0.2, -0.15) is 4.68 Å². The minimum Gasteiger partial charge on any atom is -0.350 e. The molecule has 0 fully saturated rings. The van der Waals surface area contributed by atoms with Crippen LogP contribution >= 0.6 is 0 Å². The molecule has 2 rings (SSSR count). The Morgan fingerprint density at radius 1 is 1.38 bits per heavy atom. The second-order valence-corrected chi connectivity index (χ2v) is 6.16. The largest absolute Gasteiger partial charge is 0.351 e. The molecule has 0 saturated carbocycles. The van der Waals surface area contributed by atoms with E-state index in [9.17, 15) is 9.59 Å². The maximum atomic E-state index is 12.1. The normalized spacial score (nSPS) is 12.0. The summed E-state index contributed by atoms with van der Waals surface area (Å²) in [6, 6.07) is 5.37. The van der Waals surface area contributed by atoms with E-state index in [0.717, 1.165) is 0 Å². The smallest absolute Gasteiger partial charge is 0.350 e. The number of hydrogen-bond donors (Lipinski definition) is 1. The van der Waals surface area contributed by atoms with Crippen molar-refractivity contribution in [3.63, 3.8) is 0 Å². The third kappa shape index (κ3) is 3.91. The number of nitrogens with zero attached hydrogens (tertiary/aromatic N) is 4. The summed E-state index contributed by atoms with van der Waals surface area (Å²) in [4.78, 5) is 25.7. The van der Waals surface area contributed by atoms with E-state index in [0.29, 0.717) is 5.65 Å². The molecule has 0 radical (unpaired) electrons. The standard InChI is InChI=1S/C14H21N5O2/c1-14(2,3)15-12(20)9-17(4)10-19-13(21)18-8-6-5-7-11(18)16-19/h5-8H,9-10H2,1-4H3,(H,15,20). The van der Waals surface area contributed by atoms with E-state index >= 15 is 0 Å². The molecule has 0 spiro atoms. The molecular formula is C14H21N5O2. The molecule has 0 aliphatic carbocycles. The van der Waals surface area contributed by atoms with E-state index in [-0.39, 0.29) is 30.3 Å². The predicted octanol–water partition coefficient (Wildman–Crippen LogP) is 0.300. The third-order valence-electron chi connectivity index (χ3n) is 2.79. The number of nitrogens with one attached hydrogen (secondary N) is 1. The summed E-state index contributed by atoms with van der Waals surface area (Å²) < 4.78 is 2.82. The quantitative estimate of drug-likeness (QED) is 0.879. The number of amides is 1. The van der Waals surface area contributed by atoms with Crippen LogP contribution in [-0.2, 0) is 11.5 Å². The monoisotopic (exact) mass is 291 g/mol. The molecule has 2 aromatic rings. The van der Waals surface area contributed by atoms with Gasteiger partial charge in [0.15, 0.2) is 5.65 Å². The molecule has 7 heteroatoms. The Balaban J connectivity index is 2.05. The molecule has 7 nitrogen and oxygen atoms in total. The summed E-state index contributed by atoms with van der Waals surface area (Å²) in [6.07, 6.45) is 1.67. The zero-order chi connectivity index (χ0) is 15.6. The van der Waals surface area contributed by atoms with E-state index in [1.54, 1.807) is 30.3 Å².